The van der Waals surface area contributed by atoms with E-state index in [1.54, 1.807) is 0 Å². The first-order valence-corrected chi connectivity index (χ1v) is 4.58. The summed E-state index contributed by atoms with van der Waals surface area (Å²) in [5.41, 5.74) is 1.42. The van der Waals surface area contributed by atoms with Crippen LogP contribution >= 0.6 is 0 Å². The molecule has 1 nitrogen and oxygen atoms in total. The Hall–Kier alpha value is -0.820. The van der Waals surface area contributed by atoms with E-state index in [-0.39, 0.29) is 0 Å². The molecule has 1 aliphatic heterocycles. The smallest absolute Gasteiger partial charge is 0.0240 e. The zero-order valence-electron chi connectivity index (χ0n) is 7.70. The van der Waals surface area contributed by atoms with E-state index >= 15 is 0 Å². The Kier molecular flexibility index (Phi) is 1.89. The Balaban J connectivity index is 1.97. The molecule has 1 aromatic rings. The molecule has 0 spiro atoms. The van der Waals surface area contributed by atoms with Crippen LogP contribution in [-0.2, 0) is 6.54 Å². The Bertz CT molecular complexity index is 247. The predicted molar refractivity (Wildman–Crippen MR) is 50.9 cm³/mol. The van der Waals surface area contributed by atoms with Crippen LogP contribution in [0.25, 0.3) is 0 Å². The summed E-state index contributed by atoms with van der Waals surface area (Å²) in [6.07, 6.45) is 0. The molecular formula is C11H15N. The number of hydrogen-bond donors (Lipinski definition) is 0. The normalized spacial score (nSPS) is 33.3. The van der Waals surface area contributed by atoms with Crippen molar-refractivity contribution in [3.8, 4) is 0 Å². The van der Waals surface area contributed by atoms with E-state index in [2.05, 4.69) is 49.1 Å². The van der Waals surface area contributed by atoms with Crippen molar-refractivity contribution in [3.63, 3.8) is 0 Å². The molecule has 12 heavy (non-hydrogen) atoms. The van der Waals surface area contributed by atoms with Gasteiger partial charge in [0.05, 0.1) is 0 Å². The molecule has 1 fully saturated rings. The molecule has 0 aromatic heterocycles. The van der Waals surface area contributed by atoms with Crippen LogP contribution in [0.5, 0.6) is 0 Å². The van der Waals surface area contributed by atoms with Crippen molar-refractivity contribution in [1.29, 1.82) is 0 Å². The fraction of sp³-hybridized carbons (Fsp3) is 0.455. The molecule has 0 saturated carbocycles. The topological polar surface area (TPSA) is 3.01 Å². The molecule has 0 radical (unpaired) electrons. The molecule has 0 amide bonds. The van der Waals surface area contributed by atoms with Gasteiger partial charge >= 0.3 is 0 Å². The number of rotatable bonds is 2. The lowest BCUT2D eigenvalue weighted by Crippen LogP contribution is -2.00. The van der Waals surface area contributed by atoms with Gasteiger partial charge in [-0.3, -0.25) is 4.90 Å². The van der Waals surface area contributed by atoms with Crippen molar-refractivity contribution in [3.05, 3.63) is 35.9 Å². The van der Waals surface area contributed by atoms with Gasteiger partial charge < -0.3 is 0 Å². The van der Waals surface area contributed by atoms with E-state index in [9.17, 15) is 0 Å². The zero-order chi connectivity index (χ0) is 8.55. The maximum atomic E-state index is 2.50. The molecule has 1 heterocycles. The first-order chi connectivity index (χ1) is 5.79. The summed E-state index contributed by atoms with van der Waals surface area (Å²) < 4.78 is 0. The highest BCUT2D eigenvalue weighted by Gasteiger charge is 2.38. The van der Waals surface area contributed by atoms with Crippen LogP contribution in [0.3, 0.4) is 0 Å². The lowest BCUT2D eigenvalue weighted by molar-refractivity contribution is 0.488. The maximum absolute atomic E-state index is 2.50. The third-order valence-electron chi connectivity index (χ3n) is 2.86. The number of hydrogen-bond acceptors (Lipinski definition) is 1. The van der Waals surface area contributed by atoms with Crippen molar-refractivity contribution in [2.45, 2.75) is 32.5 Å². The molecule has 0 bridgehead atoms. The second-order valence-corrected chi connectivity index (χ2v) is 3.64. The second kappa shape index (κ2) is 2.91. The van der Waals surface area contributed by atoms with E-state index in [0.29, 0.717) is 0 Å². The van der Waals surface area contributed by atoms with Crippen LogP contribution < -0.4 is 0 Å². The molecule has 1 aliphatic rings. The minimum Gasteiger partial charge on any atom is -0.291 e. The zero-order valence-corrected chi connectivity index (χ0v) is 7.70. The molecular weight excluding hydrogens is 146 g/mol. The minimum atomic E-state index is 0.783. The summed E-state index contributed by atoms with van der Waals surface area (Å²) in [6, 6.07) is 12.2. The van der Waals surface area contributed by atoms with Gasteiger partial charge in [-0.2, -0.15) is 0 Å². The lowest BCUT2D eigenvalue weighted by atomic mass is 10.2. The average molecular weight is 161 g/mol. The molecule has 64 valence electrons. The summed E-state index contributed by atoms with van der Waals surface area (Å²) in [5.74, 6) is 0. The van der Waals surface area contributed by atoms with Crippen molar-refractivity contribution in [1.82, 2.24) is 4.90 Å². The predicted octanol–water partition coefficient (Wildman–Crippen LogP) is 2.28. The van der Waals surface area contributed by atoms with Gasteiger partial charge in [0, 0.05) is 18.6 Å². The first-order valence-electron chi connectivity index (χ1n) is 4.58. The minimum absolute atomic E-state index is 0.783. The van der Waals surface area contributed by atoms with E-state index in [1.165, 1.54) is 5.56 Å². The molecule has 0 N–H and O–H groups in total. The Morgan fingerprint density at radius 3 is 2.17 bits per heavy atom. The fourth-order valence-corrected chi connectivity index (χ4v) is 1.66. The Morgan fingerprint density at radius 2 is 1.67 bits per heavy atom. The van der Waals surface area contributed by atoms with Crippen LogP contribution in [0.4, 0.5) is 0 Å². The van der Waals surface area contributed by atoms with Gasteiger partial charge in [0.1, 0.15) is 0 Å². The molecule has 0 unspecified atom stereocenters. The fourth-order valence-electron chi connectivity index (χ4n) is 1.66. The van der Waals surface area contributed by atoms with Crippen molar-refractivity contribution in [2.75, 3.05) is 0 Å². The average Bonchev–Trinajstić information content (AvgIpc) is 2.65. The third-order valence-corrected chi connectivity index (χ3v) is 2.86. The number of nitrogens with zero attached hydrogens (tertiary/aromatic N) is 1. The highest BCUT2D eigenvalue weighted by Crippen LogP contribution is 2.28. The molecule has 1 aromatic carbocycles. The van der Waals surface area contributed by atoms with Crippen molar-refractivity contribution < 1.29 is 0 Å². The molecule has 2 atom stereocenters. The van der Waals surface area contributed by atoms with Crippen molar-refractivity contribution in [2.24, 2.45) is 0 Å². The van der Waals surface area contributed by atoms with Crippen molar-refractivity contribution >= 4 is 0 Å². The van der Waals surface area contributed by atoms with E-state index < -0.39 is 0 Å². The monoisotopic (exact) mass is 161 g/mol. The van der Waals surface area contributed by atoms with Gasteiger partial charge in [-0.1, -0.05) is 30.3 Å². The first kappa shape index (κ1) is 7.81. The van der Waals surface area contributed by atoms with Gasteiger partial charge in [-0.15, -0.1) is 0 Å². The van der Waals surface area contributed by atoms with Gasteiger partial charge in [0.15, 0.2) is 0 Å². The SMILES string of the molecule is C[C@@H]1[C@@H](C)N1Cc1ccccc1. The second-order valence-electron chi connectivity index (χ2n) is 3.64. The number of benzene rings is 1. The van der Waals surface area contributed by atoms with Gasteiger partial charge in [-0.25, -0.2) is 0 Å². The van der Waals surface area contributed by atoms with E-state index in [0.717, 1.165) is 18.6 Å². The standard InChI is InChI=1S/C11H15N/c1-9-10(2)12(9)8-11-6-4-3-5-7-11/h3-7,9-10H,8H2,1-2H3/t9-,10-/m1/s1. The largest absolute Gasteiger partial charge is 0.291 e. The summed E-state index contributed by atoms with van der Waals surface area (Å²) in [6.45, 7) is 5.68. The Labute approximate surface area is 74.0 Å². The highest BCUT2D eigenvalue weighted by molar-refractivity contribution is 5.16. The molecule has 0 aliphatic carbocycles. The van der Waals surface area contributed by atoms with Gasteiger partial charge in [0.25, 0.3) is 0 Å². The van der Waals surface area contributed by atoms with E-state index in [1.807, 2.05) is 0 Å². The molecule has 1 saturated heterocycles. The van der Waals surface area contributed by atoms with Gasteiger partial charge in [-0.05, 0) is 19.4 Å². The van der Waals surface area contributed by atoms with Crippen LogP contribution in [0.2, 0.25) is 0 Å². The summed E-state index contributed by atoms with van der Waals surface area (Å²) in [5, 5.41) is 0. The van der Waals surface area contributed by atoms with Crippen LogP contribution in [0, 0.1) is 0 Å². The van der Waals surface area contributed by atoms with Crippen LogP contribution in [0.15, 0.2) is 30.3 Å². The summed E-state index contributed by atoms with van der Waals surface area (Å²) in [7, 11) is 0. The quantitative estimate of drug-likeness (QED) is 0.601. The third kappa shape index (κ3) is 1.37. The van der Waals surface area contributed by atoms with Crippen LogP contribution in [-0.4, -0.2) is 17.0 Å². The van der Waals surface area contributed by atoms with Gasteiger partial charge in [0.2, 0.25) is 0 Å². The molecule has 2 rings (SSSR count). The summed E-state index contributed by atoms with van der Waals surface area (Å²) >= 11 is 0. The van der Waals surface area contributed by atoms with E-state index in [4.69, 9.17) is 0 Å². The Morgan fingerprint density at radius 1 is 1.08 bits per heavy atom. The van der Waals surface area contributed by atoms with Crippen LogP contribution in [0.1, 0.15) is 19.4 Å². The summed E-state index contributed by atoms with van der Waals surface area (Å²) in [4.78, 5) is 2.50. The molecule has 1 heteroatoms. The highest BCUT2D eigenvalue weighted by atomic mass is 15.3. The maximum Gasteiger partial charge on any atom is 0.0240 e. The lowest BCUT2D eigenvalue weighted by Gasteiger charge is -2.01.